The van der Waals surface area contributed by atoms with Crippen LogP contribution in [-0.2, 0) is 12.1 Å². The minimum absolute atomic E-state index is 0.260. The number of hydrogen-bond acceptors (Lipinski definition) is 5. The Kier molecular flexibility index (Phi) is 6.63. The smallest absolute Gasteiger partial charge is 0.191 e. The van der Waals surface area contributed by atoms with Crippen molar-refractivity contribution < 1.29 is 14.3 Å². The van der Waals surface area contributed by atoms with Gasteiger partial charge >= 0.3 is 0 Å². The minimum atomic E-state index is -1.14. The number of aliphatic hydroxyl groups is 1. The molecule has 3 N–H and O–H groups in total. The molecule has 0 saturated carbocycles. The Morgan fingerprint density at radius 2 is 2.15 bits per heavy atom. The Bertz CT molecular complexity index is 739. The molecular formula is C19H28N4O3. The van der Waals surface area contributed by atoms with E-state index < -0.39 is 5.60 Å². The Hall–Kier alpha value is -2.54. The molecule has 2 aromatic heterocycles. The van der Waals surface area contributed by atoms with Crippen LogP contribution in [0.25, 0.3) is 0 Å². The third kappa shape index (κ3) is 4.76. The van der Waals surface area contributed by atoms with Gasteiger partial charge in [-0.1, -0.05) is 0 Å². The molecule has 2 rings (SSSR count). The predicted molar refractivity (Wildman–Crippen MR) is 101 cm³/mol. The number of methoxy groups -OCH3 is 1. The third-order valence-electron chi connectivity index (χ3n) is 4.13. The number of nitrogens with zero attached hydrogens (tertiary/aromatic N) is 2. The van der Waals surface area contributed by atoms with Crippen LogP contribution in [0.3, 0.4) is 0 Å². The molecule has 0 amide bonds. The zero-order valence-electron chi connectivity index (χ0n) is 16.1. The van der Waals surface area contributed by atoms with Crippen LogP contribution in [0.15, 0.2) is 34.0 Å². The summed E-state index contributed by atoms with van der Waals surface area (Å²) < 4.78 is 10.7. The molecule has 0 bridgehead atoms. The van der Waals surface area contributed by atoms with Crippen molar-refractivity contribution in [1.29, 1.82) is 0 Å². The summed E-state index contributed by atoms with van der Waals surface area (Å²) in [5.41, 5.74) is 1.69. The van der Waals surface area contributed by atoms with Crippen molar-refractivity contribution in [2.45, 2.75) is 39.8 Å². The van der Waals surface area contributed by atoms with Gasteiger partial charge in [0.2, 0.25) is 0 Å². The van der Waals surface area contributed by atoms with Gasteiger partial charge in [0, 0.05) is 23.9 Å². The van der Waals surface area contributed by atoms with E-state index in [1.165, 1.54) is 0 Å². The molecule has 0 saturated heterocycles. The number of ether oxygens (including phenoxy) is 1. The molecule has 2 heterocycles. The standard InChI is InChI=1S/C19H28N4O3/c1-6-20-18(23-12-19(4,24)16-8-7-9-26-16)22-11-15-14(3)17(25-5)13(2)10-21-15/h7-10,24H,6,11-12H2,1-5H3,(H2,20,22,23). The average Bonchev–Trinajstić information content (AvgIpc) is 3.15. The zero-order chi connectivity index (χ0) is 19.2. The highest BCUT2D eigenvalue weighted by Crippen LogP contribution is 2.24. The molecule has 142 valence electrons. The lowest BCUT2D eigenvalue weighted by Gasteiger charge is -2.22. The molecule has 2 aromatic rings. The number of aromatic nitrogens is 1. The van der Waals surface area contributed by atoms with Crippen molar-refractivity contribution in [2.75, 3.05) is 20.2 Å². The first kappa shape index (κ1) is 19.8. The highest BCUT2D eigenvalue weighted by atomic mass is 16.5. The maximum absolute atomic E-state index is 10.6. The quantitative estimate of drug-likeness (QED) is 0.518. The van der Waals surface area contributed by atoms with Crippen LogP contribution < -0.4 is 15.4 Å². The Morgan fingerprint density at radius 1 is 1.38 bits per heavy atom. The molecule has 0 aliphatic carbocycles. The lowest BCUT2D eigenvalue weighted by atomic mass is 10.0. The van der Waals surface area contributed by atoms with Gasteiger partial charge in [-0.3, -0.25) is 4.98 Å². The van der Waals surface area contributed by atoms with Crippen LogP contribution in [-0.4, -0.2) is 36.2 Å². The first-order chi connectivity index (χ1) is 12.4. The van der Waals surface area contributed by atoms with E-state index in [0.717, 1.165) is 22.6 Å². The second kappa shape index (κ2) is 8.71. The van der Waals surface area contributed by atoms with Crippen LogP contribution in [0.4, 0.5) is 0 Å². The number of aliphatic imine (C=N–C) groups is 1. The normalized spacial score (nSPS) is 14.0. The summed E-state index contributed by atoms with van der Waals surface area (Å²) in [5, 5.41) is 16.9. The fourth-order valence-corrected chi connectivity index (χ4v) is 2.65. The maximum Gasteiger partial charge on any atom is 0.191 e. The van der Waals surface area contributed by atoms with E-state index >= 15 is 0 Å². The first-order valence-corrected chi connectivity index (χ1v) is 8.66. The summed E-state index contributed by atoms with van der Waals surface area (Å²) in [4.78, 5) is 9.03. The summed E-state index contributed by atoms with van der Waals surface area (Å²) in [6, 6.07) is 3.50. The summed E-state index contributed by atoms with van der Waals surface area (Å²) in [6.45, 7) is 8.99. The molecule has 0 radical (unpaired) electrons. The van der Waals surface area contributed by atoms with Gasteiger partial charge in [0.25, 0.3) is 0 Å². The van der Waals surface area contributed by atoms with Gasteiger partial charge in [0.05, 0.1) is 32.2 Å². The van der Waals surface area contributed by atoms with Crippen LogP contribution in [0.5, 0.6) is 5.75 Å². The van der Waals surface area contributed by atoms with Crippen molar-refractivity contribution in [3.05, 3.63) is 47.2 Å². The van der Waals surface area contributed by atoms with E-state index in [1.807, 2.05) is 20.8 Å². The summed E-state index contributed by atoms with van der Waals surface area (Å²) in [5.74, 6) is 1.94. The van der Waals surface area contributed by atoms with Crippen molar-refractivity contribution in [2.24, 2.45) is 4.99 Å². The van der Waals surface area contributed by atoms with Crippen molar-refractivity contribution in [3.8, 4) is 5.75 Å². The highest BCUT2D eigenvalue weighted by molar-refractivity contribution is 5.79. The molecule has 1 atom stereocenters. The Balaban J connectivity index is 2.10. The molecule has 0 aliphatic rings. The van der Waals surface area contributed by atoms with Gasteiger partial charge in [0.1, 0.15) is 17.1 Å². The number of rotatable bonds is 7. The fourth-order valence-electron chi connectivity index (χ4n) is 2.65. The zero-order valence-corrected chi connectivity index (χ0v) is 16.1. The van der Waals surface area contributed by atoms with Crippen molar-refractivity contribution in [1.82, 2.24) is 15.6 Å². The van der Waals surface area contributed by atoms with Gasteiger partial charge < -0.3 is 24.9 Å². The topological polar surface area (TPSA) is 91.9 Å². The largest absolute Gasteiger partial charge is 0.496 e. The predicted octanol–water partition coefficient (Wildman–Crippen LogP) is 2.26. The van der Waals surface area contributed by atoms with Gasteiger partial charge in [-0.15, -0.1) is 0 Å². The molecule has 1 unspecified atom stereocenters. The van der Waals surface area contributed by atoms with Gasteiger partial charge in [0.15, 0.2) is 5.96 Å². The SMILES string of the molecule is CCNC(=NCc1ncc(C)c(OC)c1C)NCC(C)(O)c1ccco1. The van der Waals surface area contributed by atoms with E-state index in [4.69, 9.17) is 9.15 Å². The number of guanidine groups is 1. The molecule has 7 heteroatoms. The Morgan fingerprint density at radius 3 is 2.77 bits per heavy atom. The van der Waals surface area contributed by atoms with Crippen molar-refractivity contribution in [3.63, 3.8) is 0 Å². The molecule has 7 nitrogen and oxygen atoms in total. The second-order valence-corrected chi connectivity index (χ2v) is 6.35. The van der Waals surface area contributed by atoms with Crippen LogP contribution in [0.2, 0.25) is 0 Å². The molecule has 26 heavy (non-hydrogen) atoms. The van der Waals surface area contributed by atoms with E-state index in [0.29, 0.717) is 24.8 Å². The van der Waals surface area contributed by atoms with Crippen molar-refractivity contribution >= 4 is 5.96 Å². The second-order valence-electron chi connectivity index (χ2n) is 6.35. The van der Waals surface area contributed by atoms with Gasteiger partial charge in [-0.2, -0.15) is 0 Å². The number of pyridine rings is 1. The van der Waals surface area contributed by atoms with E-state index in [-0.39, 0.29) is 6.54 Å². The summed E-state index contributed by atoms with van der Waals surface area (Å²) in [6.07, 6.45) is 3.33. The molecule has 0 aromatic carbocycles. The number of aryl methyl sites for hydroxylation is 1. The van der Waals surface area contributed by atoms with Gasteiger partial charge in [-0.25, -0.2) is 4.99 Å². The van der Waals surface area contributed by atoms with Gasteiger partial charge in [-0.05, 0) is 39.8 Å². The lowest BCUT2D eigenvalue weighted by molar-refractivity contribution is 0.0386. The van der Waals surface area contributed by atoms with Crippen LogP contribution in [0.1, 0.15) is 36.4 Å². The van der Waals surface area contributed by atoms with E-state index in [1.54, 1.807) is 38.6 Å². The molecule has 0 spiro atoms. The van der Waals surface area contributed by atoms with Crippen LogP contribution in [0, 0.1) is 13.8 Å². The molecule has 0 aliphatic heterocycles. The Labute approximate surface area is 154 Å². The third-order valence-corrected chi connectivity index (χ3v) is 4.13. The highest BCUT2D eigenvalue weighted by Gasteiger charge is 2.26. The molecular weight excluding hydrogens is 332 g/mol. The summed E-state index contributed by atoms with van der Waals surface area (Å²) >= 11 is 0. The minimum Gasteiger partial charge on any atom is -0.496 e. The monoisotopic (exact) mass is 360 g/mol. The number of hydrogen-bond donors (Lipinski definition) is 3. The fraction of sp³-hybridized carbons (Fsp3) is 0.474. The van der Waals surface area contributed by atoms with E-state index in [9.17, 15) is 5.11 Å². The average molecular weight is 360 g/mol. The summed E-state index contributed by atoms with van der Waals surface area (Å²) in [7, 11) is 1.66. The van der Waals surface area contributed by atoms with E-state index in [2.05, 4.69) is 20.6 Å². The maximum atomic E-state index is 10.6. The lowest BCUT2D eigenvalue weighted by Crippen LogP contribution is -2.44. The first-order valence-electron chi connectivity index (χ1n) is 8.66. The number of nitrogens with one attached hydrogen (secondary N) is 2. The van der Waals surface area contributed by atoms with Crippen LogP contribution >= 0.6 is 0 Å². The number of furan rings is 1. The molecule has 0 fully saturated rings.